The van der Waals surface area contributed by atoms with Crippen LogP contribution in [0.15, 0.2) is 72.8 Å². The minimum atomic E-state index is -0.634. The van der Waals surface area contributed by atoms with Crippen LogP contribution in [0.25, 0.3) is 21.7 Å². The normalized spacial score (nSPS) is 10.6. The van der Waals surface area contributed by atoms with Crippen molar-refractivity contribution < 1.29 is 14.1 Å². The van der Waals surface area contributed by atoms with Crippen molar-refractivity contribution in [2.24, 2.45) is 0 Å². The number of carbonyl (C=O) groups is 1. The molecular weight excluding hydrogens is 441 g/mol. The van der Waals surface area contributed by atoms with Crippen LogP contribution in [0.2, 0.25) is 5.02 Å². The lowest BCUT2D eigenvalue weighted by Gasteiger charge is -2.03. The summed E-state index contributed by atoms with van der Waals surface area (Å²) in [6, 6.07) is 18.7. The number of hydrogen-bond acceptors (Lipinski definition) is 5. The molecule has 0 bridgehead atoms. The molecule has 0 radical (unpaired) electrons. The maximum absolute atomic E-state index is 14.0. The molecule has 0 spiro atoms. The van der Waals surface area contributed by atoms with Crippen LogP contribution in [0.5, 0.6) is 0 Å². The summed E-state index contributed by atoms with van der Waals surface area (Å²) >= 11 is 7.17. The molecule has 154 valence electrons. The molecule has 0 unspecified atom stereocenters. The third-order valence-corrected chi connectivity index (χ3v) is 5.70. The molecule has 9 heteroatoms. The van der Waals surface area contributed by atoms with Crippen LogP contribution in [0.3, 0.4) is 0 Å². The summed E-state index contributed by atoms with van der Waals surface area (Å²) in [5.74, 6) is -1.25. The first kappa shape index (κ1) is 20.6. The van der Waals surface area contributed by atoms with Gasteiger partial charge in [0.2, 0.25) is 0 Å². The number of amides is 1. The highest BCUT2D eigenvalue weighted by Gasteiger charge is 2.19. The second-order valence-electron chi connectivity index (χ2n) is 6.44. The largest absolute Gasteiger partial charge is 0.298 e. The molecule has 6 nitrogen and oxygen atoms in total. The van der Waals surface area contributed by atoms with Crippen LogP contribution in [0, 0.1) is 15.9 Å². The molecule has 0 saturated carbocycles. The molecule has 1 aromatic heterocycles. The quantitative estimate of drug-likeness (QED) is 0.278. The number of nitrogens with zero attached hydrogens (tertiary/aromatic N) is 2. The van der Waals surface area contributed by atoms with Crippen LogP contribution in [-0.2, 0) is 0 Å². The fraction of sp³-hybridized carbons (Fsp3) is 0. The highest BCUT2D eigenvalue weighted by molar-refractivity contribution is 7.19. The molecule has 0 aliphatic heterocycles. The standard InChI is InChI=1S/C22H13ClFN3O3S/c23-15-9-5-13(6-10-15)19-20(14-7-11-16(12-8-14)27(29)30)31-22(25-19)26-21(28)17-3-1-2-4-18(17)24/h1-12H,(H,25,26,28). The van der Waals surface area contributed by atoms with E-state index in [4.69, 9.17) is 11.6 Å². The van der Waals surface area contributed by atoms with Gasteiger partial charge in [-0.15, -0.1) is 0 Å². The van der Waals surface area contributed by atoms with Crippen LogP contribution in [0.1, 0.15) is 10.4 Å². The van der Waals surface area contributed by atoms with Gasteiger partial charge < -0.3 is 0 Å². The molecule has 0 saturated heterocycles. The van der Waals surface area contributed by atoms with Gasteiger partial charge in [0.25, 0.3) is 11.6 Å². The Bertz CT molecular complexity index is 1270. The Morgan fingerprint density at radius 3 is 2.29 bits per heavy atom. The van der Waals surface area contributed by atoms with Gasteiger partial charge in [-0.2, -0.15) is 0 Å². The Balaban J connectivity index is 1.75. The van der Waals surface area contributed by atoms with Gasteiger partial charge in [0.1, 0.15) is 5.82 Å². The van der Waals surface area contributed by atoms with Gasteiger partial charge in [0.05, 0.1) is 21.1 Å². The zero-order chi connectivity index (χ0) is 22.0. The minimum Gasteiger partial charge on any atom is -0.298 e. The van der Waals surface area contributed by atoms with Crippen LogP contribution in [-0.4, -0.2) is 15.8 Å². The lowest BCUT2D eigenvalue weighted by molar-refractivity contribution is -0.384. The molecule has 4 aromatic rings. The monoisotopic (exact) mass is 453 g/mol. The molecule has 31 heavy (non-hydrogen) atoms. The molecule has 3 aromatic carbocycles. The fourth-order valence-electron chi connectivity index (χ4n) is 2.92. The molecule has 1 heterocycles. The average molecular weight is 454 g/mol. The van der Waals surface area contributed by atoms with E-state index in [1.807, 2.05) is 0 Å². The van der Waals surface area contributed by atoms with Gasteiger partial charge in [-0.1, -0.05) is 47.2 Å². The van der Waals surface area contributed by atoms with Crippen molar-refractivity contribution in [2.45, 2.75) is 0 Å². The van der Waals surface area contributed by atoms with Gasteiger partial charge in [-0.05, 0) is 42.0 Å². The Morgan fingerprint density at radius 1 is 1.00 bits per heavy atom. The summed E-state index contributed by atoms with van der Waals surface area (Å²) in [5.41, 5.74) is 1.89. The van der Waals surface area contributed by atoms with Crippen molar-refractivity contribution in [2.75, 3.05) is 5.32 Å². The van der Waals surface area contributed by atoms with Gasteiger partial charge in [-0.3, -0.25) is 20.2 Å². The van der Waals surface area contributed by atoms with E-state index in [0.29, 0.717) is 21.2 Å². The van der Waals surface area contributed by atoms with E-state index in [2.05, 4.69) is 10.3 Å². The zero-order valence-electron chi connectivity index (χ0n) is 15.7. The number of halogens is 2. The van der Waals surface area contributed by atoms with Gasteiger partial charge in [0.15, 0.2) is 5.13 Å². The minimum absolute atomic E-state index is 0.0330. The smallest absolute Gasteiger partial charge is 0.269 e. The molecule has 4 rings (SSSR count). The number of thiazole rings is 1. The third kappa shape index (κ3) is 4.45. The molecule has 1 amide bonds. The van der Waals surface area contributed by atoms with Crippen molar-refractivity contribution in [3.8, 4) is 21.7 Å². The second-order valence-corrected chi connectivity index (χ2v) is 7.88. The number of nitro groups is 1. The van der Waals surface area contributed by atoms with E-state index in [9.17, 15) is 19.3 Å². The first-order chi connectivity index (χ1) is 14.9. The Morgan fingerprint density at radius 2 is 1.65 bits per heavy atom. The predicted molar refractivity (Wildman–Crippen MR) is 119 cm³/mol. The number of benzene rings is 3. The van der Waals surface area contributed by atoms with Crippen molar-refractivity contribution in [1.29, 1.82) is 0 Å². The summed E-state index contributed by atoms with van der Waals surface area (Å²) in [6.45, 7) is 0. The van der Waals surface area contributed by atoms with E-state index in [-0.39, 0.29) is 16.4 Å². The molecular formula is C22H13ClFN3O3S. The number of aromatic nitrogens is 1. The van der Waals surface area contributed by atoms with Crippen molar-refractivity contribution in [3.63, 3.8) is 0 Å². The number of nitrogens with one attached hydrogen (secondary N) is 1. The molecule has 0 aliphatic carbocycles. The van der Waals surface area contributed by atoms with E-state index in [0.717, 1.165) is 5.56 Å². The highest BCUT2D eigenvalue weighted by atomic mass is 35.5. The van der Waals surface area contributed by atoms with E-state index in [1.54, 1.807) is 42.5 Å². The van der Waals surface area contributed by atoms with Crippen LogP contribution >= 0.6 is 22.9 Å². The van der Waals surface area contributed by atoms with E-state index < -0.39 is 16.6 Å². The average Bonchev–Trinajstić information content (AvgIpc) is 3.18. The van der Waals surface area contributed by atoms with E-state index >= 15 is 0 Å². The maximum atomic E-state index is 14.0. The number of rotatable bonds is 5. The summed E-state index contributed by atoms with van der Waals surface area (Å²) in [4.78, 5) is 28.2. The van der Waals surface area contributed by atoms with Crippen molar-refractivity contribution >= 4 is 39.7 Å². The lowest BCUT2D eigenvalue weighted by atomic mass is 10.1. The molecule has 0 atom stereocenters. The Kier molecular flexibility index (Phi) is 5.75. The predicted octanol–water partition coefficient (Wildman–Crippen LogP) is 6.43. The molecule has 0 fully saturated rings. The number of non-ortho nitro benzene ring substituents is 1. The lowest BCUT2D eigenvalue weighted by Crippen LogP contribution is -2.13. The summed E-state index contributed by atoms with van der Waals surface area (Å²) in [7, 11) is 0. The number of carbonyl (C=O) groups excluding carboxylic acids is 1. The first-order valence-electron chi connectivity index (χ1n) is 9.00. The number of nitro benzene ring substituents is 1. The molecule has 0 aliphatic rings. The zero-order valence-corrected chi connectivity index (χ0v) is 17.3. The fourth-order valence-corrected chi connectivity index (χ4v) is 4.03. The topological polar surface area (TPSA) is 85.1 Å². The highest BCUT2D eigenvalue weighted by Crippen LogP contribution is 2.40. The van der Waals surface area contributed by atoms with Crippen molar-refractivity contribution in [3.05, 3.63) is 99.3 Å². The summed E-state index contributed by atoms with van der Waals surface area (Å²) < 4.78 is 14.0. The van der Waals surface area contributed by atoms with Gasteiger partial charge >= 0.3 is 0 Å². The summed E-state index contributed by atoms with van der Waals surface area (Å²) in [6.07, 6.45) is 0. The van der Waals surface area contributed by atoms with E-state index in [1.165, 1.54) is 41.7 Å². The maximum Gasteiger partial charge on any atom is 0.269 e. The Hall–Kier alpha value is -3.62. The second kappa shape index (κ2) is 8.63. The van der Waals surface area contributed by atoms with Crippen LogP contribution in [0.4, 0.5) is 15.2 Å². The first-order valence-corrected chi connectivity index (χ1v) is 10.2. The van der Waals surface area contributed by atoms with Gasteiger partial charge in [-0.25, -0.2) is 9.37 Å². The van der Waals surface area contributed by atoms with Crippen LogP contribution < -0.4 is 5.32 Å². The van der Waals surface area contributed by atoms with Crippen molar-refractivity contribution in [1.82, 2.24) is 4.98 Å². The van der Waals surface area contributed by atoms with Gasteiger partial charge in [0, 0.05) is 22.7 Å². The number of hydrogen-bond donors (Lipinski definition) is 1. The SMILES string of the molecule is O=C(Nc1nc(-c2ccc(Cl)cc2)c(-c2ccc([N+](=O)[O-])cc2)s1)c1ccccc1F. The third-order valence-electron chi connectivity index (χ3n) is 4.42. The summed E-state index contributed by atoms with van der Waals surface area (Å²) in [5, 5.41) is 14.4. The Labute approximate surface area is 185 Å². The molecule has 1 N–H and O–H groups in total. The number of anilines is 1.